The maximum atomic E-state index is 11.9. The molecule has 152 valence electrons. The minimum atomic E-state index is -0.0692. The predicted octanol–water partition coefficient (Wildman–Crippen LogP) is 3.54. The van der Waals surface area contributed by atoms with E-state index in [9.17, 15) is 4.79 Å². The van der Waals surface area contributed by atoms with Crippen molar-refractivity contribution in [1.29, 1.82) is 0 Å². The van der Waals surface area contributed by atoms with Crippen LogP contribution in [0.15, 0.2) is 42.9 Å². The number of likely N-dealkylation sites (tertiary alicyclic amines) is 1. The van der Waals surface area contributed by atoms with E-state index in [-0.39, 0.29) is 11.9 Å². The van der Waals surface area contributed by atoms with Gasteiger partial charge in [-0.1, -0.05) is 0 Å². The van der Waals surface area contributed by atoms with Gasteiger partial charge in [0.1, 0.15) is 12.1 Å². The predicted molar refractivity (Wildman–Crippen MR) is 110 cm³/mol. The summed E-state index contributed by atoms with van der Waals surface area (Å²) in [6.07, 6.45) is 5.22. The molecule has 0 spiro atoms. The number of hydrogen-bond acceptors (Lipinski definition) is 6. The molecular formula is C22H26N4O3. The van der Waals surface area contributed by atoms with Gasteiger partial charge >= 0.3 is 5.97 Å². The normalized spacial score (nSPS) is 15.5. The summed E-state index contributed by atoms with van der Waals surface area (Å²) < 4.78 is 13.2. The van der Waals surface area contributed by atoms with Gasteiger partial charge in [0.05, 0.1) is 18.2 Å². The molecule has 0 N–H and O–H groups in total. The van der Waals surface area contributed by atoms with Gasteiger partial charge < -0.3 is 14.0 Å². The van der Waals surface area contributed by atoms with Crippen LogP contribution < -0.4 is 4.74 Å². The van der Waals surface area contributed by atoms with Crippen molar-refractivity contribution >= 4 is 16.9 Å². The van der Waals surface area contributed by atoms with E-state index in [0.717, 1.165) is 48.3 Å². The Morgan fingerprint density at radius 3 is 2.79 bits per heavy atom. The lowest BCUT2D eigenvalue weighted by Crippen LogP contribution is -2.36. The molecule has 1 aromatic carbocycles. The maximum Gasteiger partial charge on any atom is 0.309 e. The zero-order chi connectivity index (χ0) is 20.2. The van der Waals surface area contributed by atoms with E-state index in [2.05, 4.69) is 25.5 Å². The summed E-state index contributed by atoms with van der Waals surface area (Å²) in [6.45, 7) is 4.72. The molecule has 29 heavy (non-hydrogen) atoms. The first kappa shape index (κ1) is 19.4. The molecule has 1 saturated heterocycles. The first-order valence-corrected chi connectivity index (χ1v) is 10.0. The minimum Gasteiger partial charge on any atom is -0.466 e. The molecule has 3 heterocycles. The monoisotopic (exact) mass is 394 g/mol. The van der Waals surface area contributed by atoms with Crippen LogP contribution >= 0.6 is 0 Å². The van der Waals surface area contributed by atoms with Crippen molar-refractivity contribution in [3.05, 3.63) is 48.5 Å². The van der Waals surface area contributed by atoms with Gasteiger partial charge in [-0.3, -0.25) is 9.69 Å². The molecule has 7 heteroatoms. The molecule has 0 aliphatic carbocycles. The van der Waals surface area contributed by atoms with Crippen LogP contribution in [0, 0.1) is 5.92 Å². The molecule has 0 bridgehead atoms. The topological polar surface area (TPSA) is 69.5 Å². The Morgan fingerprint density at radius 1 is 1.17 bits per heavy atom. The Kier molecular flexibility index (Phi) is 5.76. The second kappa shape index (κ2) is 8.61. The summed E-state index contributed by atoms with van der Waals surface area (Å²) in [6, 6.07) is 9.95. The summed E-state index contributed by atoms with van der Waals surface area (Å²) in [5.74, 6) is 1.24. The van der Waals surface area contributed by atoms with Crippen molar-refractivity contribution in [3.63, 3.8) is 0 Å². The smallest absolute Gasteiger partial charge is 0.309 e. The third-order valence-corrected chi connectivity index (χ3v) is 5.37. The van der Waals surface area contributed by atoms with Crippen molar-refractivity contribution in [2.45, 2.75) is 26.3 Å². The summed E-state index contributed by atoms with van der Waals surface area (Å²) in [5, 5.41) is 1.13. The minimum absolute atomic E-state index is 0.0170. The summed E-state index contributed by atoms with van der Waals surface area (Å²) in [4.78, 5) is 22.8. The van der Waals surface area contributed by atoms with E-state index in [0.29, 0.717) is 19.0 Å². The highest BCUT2D eigenvalue weighted by Gasteiger charge is 2.26. The summed E-state index contributed by atoms with van der Waals surface area (Å²) >= 11 is 0. The average Bonchev–Trinajstić information content (AvgIpc) is 3.09. The largest absolute Gasteiger partial charge is 0.466 e. The first-order valence-electron chi connectivity index (χ1n) is 10.0. The van der Waals surface area contributed by atoms with Gasteiger partial charge in [-0.25, -0.2) is 9.97 Å². The van der Waals surface area contributed by atoms with E-state index >= 15 is 0 Å². The fraction of sp³-hybridized carbons (Fsp3) is 0.409. The number of nitrogens with zero attached hydrogens (tertiary/aromatic N) is 4. The lowest BCUT2D eigenvalue weighted by atomic mass is 9.97. The van der Waals surface area contributed by atoms with E-state index in [1.165, 1.54) is 6.33 Å². The van der Waals surface area contributed by atoms with E-state index in [1.807, 2.05) is 44.4 Å². The molecule has 0 saturated carbocycles. The second-order valence-corrected chi connectivity index (χ2v) is 7.40. The van der Waals surface area contributed by atoms with Crippen molar-refractivity contribution in [2.75, 3.05) is 19.7 Å². The molecule has 1 aliphatic heterocycles. The molecule has 2 aromatic heterocycles. The van der Waals surface area contributed by atoms with Crippen LogP contribution in [0.3, 0.4) is 0 Å². The zero-order valence-electron chi connectivity index (χ0n) is 16.9. The molecule has 1 fully saturated rings. The van der Waals surface area contributed by atoms with Crippen LogP contribution in [-0.2, 0) is 23.1 Å². The van der Waals surface area contributed by atoms with Crippen LogP contribution in [0.4, 0.5) is 0 Å². The van der Waals surface area contributed by atoms with Crippen LogP contribution in [0.25, 0.3) is 10.9 Å². The number of benzene rings is 1. The second-order valence-electron chi connectivity index (χ2n) is 7.40. The number of hydrogen-bond donors (Lipinski definition) is 0. The number of fused-ring (bicyclic) bond motifs is 1. The van der Waals surface area contributed by atoms with Crippen molar-refractivity contribution in [2.24, 2.45) is 13.0 Å². The van der Waals surface area contributed by atoms with Crippen LogP contribution in [0.5, 0.6) is 11.6 Å². The molecule has 0 radical (unpaired) electrons. The molecule has 1 aliphatic rings. The number of rotatable bonds is 6. The highest BCUT2D eigenvalue weighted by molar-refractivity contribution is 5.81. The highest BCUT2D eigenvalue weighted by Crippen LogP contribution is 2.26. The van der Waals surface area contributed by atoms with Gasteiger partial charge in [0.2, 0.25) is 5.88 Å². The third-order valence-electron chi connectivity index (χ3n) is 5.37. The fourth-order valence-electron chi connectivity index (χ4n) is 3.78. The number of ether oxygens (including phenoxy) is 2. The molecule has 7 nitrogen and oxygen atoms in total. The maximum absolute atomic E-state index is 11.9. The zero-order valence-corrected chi connectivity index (χ0v) is 16.9. The lowest BCUT2D eigenvalue weighted by Gasteiger charge is -2.30. The van der Waals surface area contributed by atoms with Crippen LogP contribution in [-0.4, -0.2) is 45.1 Å². The number of piperidine rings is 1. The van der Waals surface area contributed by atoms with E-state index in [4.69, 9.17) is 9.47 Å². The Labute approximate surface area is 170 Å². The number of aromatic nitrogens is 3. The van der Waals surface area contributed by atoms with Gasteiger partial charge in [-0.2, -0.15) is 0 Å². The highest BCUT2D eigenvalue weighted by atomic mass is 16.5. The number of carbonyl (C=O) groups excluding carboxylic acids is 1. The van der Waals surface area contributed by atoms with Gasteiger partial charge in [0.25, 0.3) is 0 Å². The van der Waals surface area contributed by atoms with Crippen LogP contribution in [0.1, 0.15) is 25.5 Å². The standard InChI is InChI=1S/C22H26N4O3/c1-3-28-22(27)16-7-10-26(11-8-16)14-18-13-21(24-15-23-18)29-19-4-5-20-17(12-19)6-9-25(20)2/h4-6,9,12-13,15-16H,3,7-8,10-11,14H2,1-2H3. The Hall–Kier alpha value is -2.93. The lowest BCUT2D eigenvalue weighted by molar-refractivity contribution is -0.149. The number of carbonyl (C=O) groups is 1. The van der Waals surface area contributed by atoms with Gasteiger partial charge in [0.15, 0.2) is 0 Å². The van der Waals surface area contributed by atoms with Crippen LogP contribution in [0.2, 0.25) is 0 Å². The number of aryl methyl sites for hydroxylation is 1. The van der Waals surface area contributed by atoms with E-state index < -0.39 is 0 Å². The van der Waals surface area contributed by atoms with Crippen molar-refractivity contribution in [3.8, 4) is 11.6 Å². The molecule has 4 rings (SSSR count). The van der Waals surface area contributed by atoms with Gasteiger partial charge in [-0.05, 0) is 57.1 Å². The SMILES string of the molecule is CCOC(=O)C1CCN(Cc2cc(Oc3ccc4c(ccn4C)c3)ncn2)CC1. The molecule has 3 aromatic rings. The molecule has 0 amide bonds. The van der Waals surface area contributed by atoms with Crippen molar-refractivity contribution < 1.29 is 14.3 Å². The Morgan fingerprint density at radius 2 is 2.00 bits per heavy atom. The quantitative estimate of drug-likeness (QED) is 0.596. The number of esters is 1. The van der Waals surface area contributed by atoms with Crippen molar-refractivity contribution in [1.82, 2.24) is 19.4 Å². The fourth-order valence-corrected chi connectivity index (χ4v) is 3.78. The molecular weight excluding hydrogens is 368 g/mol. The average molecular weight is 394 g/mol. The van der Waals surface area contributed by atoms with E-state index in [1.54, 1.807) is 0 Å². The Bertz CT molecular complexity index is 993. The Balaban J connectivity index is 1.37. The summed E-state index contributed by atoms with van der Waals surface area (Å²) in [7, 11) is 2.02. The summed E-state index contributed by atoms with van der Waals surface area (Å²) in [5.41, 5.74) is 2.07. The first-order chi connectivity index (χ1) is 14.1. The van der Waals surface area contributed by atoms with Gasteiger partial charge in [-0.15, -0.1) is 0 Å². The molecule has 0 atom stereocenters. The third kappa shape index (κ3) is 4.56. The van der Waals surface area contributed by atoms with Gasteiger partial charge in [0, 0.05) is 36.8 Å². The molecule has 0 unspecified atom stereocenters.